The predicted molar refractivity (Wildman–Crippen MR) is 76.1 cm³/mol. The molecule has 1 amide bonds. The van der Waals surface area contributed by atoms with Crippen molar-refractivity contribution < 1.29 is 17.4 Å². The number of nitrogens with two attached hydrogens (primary N) is 1. The van der Waals surface area contributed by atoms with Crippen LogP contribution in [-0.2, 0) is 19.1 Å². The first-order chi connectivity index (χ1) is 8.87. The average Bonchev–Trinajstić information content (AvgIpc) is 2.29. The normalized spacial score (nSPS) is 13.4. The minimum Gasteiger partial charge on any atom is -0.369 e. The van der Waals surface area contributed by atoms with E-state index in [1.165, 1.54) is 12.8 Å². The van der Waals surface area contributed by atoms with Gasteiger partial charge >= 0.3 is 0 Å². The molecule has 0 bridgehead atoms. The highest BCUT2D eigenvalue weighted by Gasteiger charge is 2.14. The van der Waals surface area contributed by atoms with Crippen molar-refractivity contribution >= 4 is 16.0 Å². The fraction of sp³-hybridized carbons (Fsp3) is 0.923. The van der Waals surface area contributed by atoms with Crippen LogP contribution in [0.15, 0.2) is 0 Å². The molecule has 2 N–H and O–H groups in total. The van der Waals surface area contributed by atoms with E-state index >= 15 is 0 Å². The van der Waals surface area contributed by atoms with Gasteiger partial charge in [0.1, 0.15) is 0 Å². The zero-order valence-corrected chi connectivity index (χ0v) is 12.9. The van der Waals surface area contributed by atoms with Gasteiger partial charge in [0.15, 0.2) is 0 Å². The zero-order valence-electron chi connectivity index (χ0n) is 12.1. The summed E-state index contributed by atoms with van der Waals surface area (Å²) < 4.78 is 26.1. The Kier molecular flexibility index (Phi) is 9.87. The predicted octanol–water partition coefficient (Wildman–Crippen LogP) is 2.20. The van der Waals surface area contributed by atoms with Crippen molar-refractivity contribution in [2.24, 2.45) is 11.7 Å². The van der Waals surface area contributed by atoms with E-state index in [9.17, 15) is 13.2 Å². The molecule has 0 radical (unpaired) electrons. The van der Waals surface area contributed by atoms with E-state index in [1.807, 2.05) is 0 Å². The monoisotopic (exact) mass is 293 g/mol. The lowest BCUT2D eigenvalue weighted by atomic mass is 9.94. The van der Waals surface area contributed by atoms with E-state index in [1.54, 1.807) is 0 Å². The van der Waals surface area contributed by atoms with Crippen molar-refractivity contribution in [2.45, 2.75) is 58.3 Å². The van der Waals surface area contributed by atoms with Crippen LogP contribution in [0.25, 0.3) is 0 Å². The third-order valence-corrected chi connectivity index (χ3v) is 3.65. The quantitative estimate of drug-likeness (QED) is 0.441. The van der Waals surface area contributed by atoms with Gasteiger partial charge in [-0.3, -0.25) is 8.98 Å². The molecule has 19 heavy (non-hydrogen) atoms. The molecule has 0 aliphatic carbocycles. The molecule has 0 rings (SSSR count). The fourth-order valence-electron chi connectivity index (χ4n) is 1.95. The van der Waals surface area contributed by atoms with Crippen molar-refractivity contribution in [1.82, 2.24) is 0 Å². The lowest BCUT2D eigenvalue weighted by molar-refractivity contribution is -0.122. The van der Waals surface area contributed by atoms with E-state index in [0.29, 0.717) is 12.8 Å². The molecule has 1 unspecified atom stereocenters. The number of carbonyl (C=O) groups excluding carboxylic acids is 1. The van der Waals surface area contributed by atoms with Gasteiger partial charge in [-0.15, -0.1) is 0 Å². The van der Waals surface area contributed by atoms with Gasteiger partial charge in [0.2, 0.25) is 5.91 Å². The number of carbonyl (C=O) groups is 1. The molecule has 0 aromatic heterocycles. The topological polar surface area (TPSA) is 86.5 Å². The SMILES string of the molecule is CCCCCCC(CCCCOS(C)(=O)=O)C(N)=O. The smallest absolute Gasteiger partial charge is 0.264 e. The zero-order chi connectivity index (χ0) is 14.7. The van der Waals surface area contributed by atoms with Crippen molar-refractivity contribution in [2.75, 3.05) is 12.9 Å². The van der Waals surface area contributed by atoms with E-state index < -0.39 is 10.1 Å². The Morgan fingerprint density at radius 2 is 1.68 bits per heavy atom. The molecular formula is C13H27NO4S. The number of amides is 1. The Morgan fingerprint density at radius 3 is 2.16 bits per heavy atom. The second kappa shape index (κ2) is 10.2. The standard InChI is InChI=1S/C13H27NO4S/c1-3-4-5-6-9-12(13(14)15)10-7-8-11-18-19(2,16)17/h12H,3-11H2,1-2H3,(H2,14,15). The van der Waals surface area contributed by atoms with Gasteiger partial charge < -0.3 is 5.73 Å². The lowest BCUT2D eigenvalue weighted by Crippen LogP contribution is -2.23. The molecule has 0 saturated carbocycles. The van der Waals surface area contributed by atoms with Crippen LogP contribution in [0, 0.1) is 5.92 Å². The van der Waals surface area contributed by atoms with E-state index in [0.717, 1.165) is 31.9 Å². The van der Waals surface area contributed by atoms with Crippen LogP contribution < -0.4 is 5.73 Å². The highest BCUT2D eigenvalue weighted by Crippen LogP contribution is 2.17. The molecule has 1 atom stereocenters. The summed E-state index contributed by atoms with van der Waals surface area (Å²) >= 11 is 0. The van der Waals surface area contributed by atoms with Crippen molar-refractivity contribution in [3.63, 3.8) is 0 Å². The molecule has 0 saturated heterocycles. The molecule has 0 heterocycles. The second-order valence-corrected chi connectivity index (χ2v) is 6.61. The first-order valence-electron chi connectivity index (χ1n) is 7.00. The molecule has 0 aromatic carbocycles. The molecule has 0 spiro atoms. The first kappa shape index (κ1) is 18.4. The number of hydrogen-bond acceptors (Lipinski definition) is 4. The summed E-state index contributed by atoms with van der Waals surface area (Å²) in [4.78, 5) is 11.3. The molecule has 0 aliphatic heterocycles. The highest BCUT2D eigenvalue weighted by molar-refractivity contribution is 7.85. The van der Waals surface area contributed by atoms with Gasteiger partial charge in [-0.1, -0.05) is 39.0 Å². The van der Waals surface area contributed by atoms with Crippen LogP contribution in [0.3, 0.4) is 0 Å². The van der Waals surface area contributed by atoms with Crippen molar-refractivity contribution in [1.29, 1.82) is 0 Å². The fourth-order valence-corrected chi connectivity index (χ4v) is 2.37. The van der Waals surface area contributed by atoms with Crippen molar-refractivity contribution in [3.8, 4) is 0 Å². The highest BCUT2D eigenvalue weighted by atomic mass is 32.2. The van der Waals surface area contributed by atoms with Crippen LogP contribution in [0.4, 0.5) is 0 Å². The maximum Gasteiger partial charge on any atom is 0.264 e. The van der Waals surface area contributed by atoms with Gasteiger partial charge in [0.25, 0.3) is 10.1 Å². The van der Waals surface area contributed by atoms with Gasteiger partial charge in [-0.25, -0.2) is 0 Å². The second-order valence-electron chi connectivity index (χ2n) is 4.97. The van der Waals surface area contributed by atoms with Gasteiger partial charge in [-0.2, -0.15) is 8.42 Å². The Morgan fingerprint density at radius 1 is 1.11 bits per heavy atom. The molecule has 5 nitrogen and oxygen atoms in total. The Bertz CT molecular complexity index is 341. The Labute approximate surface area is 117 Å². The minimum atomic E-state index is -3.35. The summed E-state index contributed by atoms with van der Waals surface area (Å²) in [5, 5.41) is 0. The summed E-state index contributed by atoms with van der Waals surface area (Å²) in [6.45, 7) is 2.33. The summed E-state index contributed by atoms with van der Waals surface area (Å²) in [7, 11) is -3.35. The first-order valence-corrected chi connectivity index (χ1v) is 8.82. The third kappa shape index (κ3) is 12.2. The summed E-state index contributed by atoms with van der Waals surface area (Å²) in [5.74, 6) is -0.337. The van der Waals surface area contributed by atoms with E-state index in [-0.39, 0.29) is 18.4 Å². The Hall–Kier alpha value is -0.620. The third-order valence-electron chi connectivity index (χ3n) is 3.05. The van der Waals surface area contributed by atoms with Gasteiger partial charge in [-0.05, 0) is 19.3 Å². The number of primary amides is 1. The van der Waals surface area contributed by atoms with Crippen LogP contribution in [0.5, 0.6) is 0 Å². The molecule has 114 valence electrons. The van der Waals surface area contributed by atoms with Crippen LogP contribution in [0.2, 0.25) is 0 Å². The molecule has 0 fully saturated rings. The molecule has 0 aromatic rings. The van der Waals surface area contributed by atoms with Crippen molar-refractivity contribution in [3.05, 3.63) is 0 Å². The van der Waals surface area contributed by atoms with Gasteiger partial charge in [0, 0.05) is 5.92 Å². The largest absolute Gasteiger partial charge is 0.369 e. The summed E-state index contributed by atoms with van der Waals surface area (Å²) in [6, 6.07) is 0. The molecular weight excluding hydrogens is 266 g/mol. The average molecular weight is 293 g/mol. The van der Waals surface area contributed by atoms with Crippen LogP contribution in [0.1, 0.15) is 58.3 Å². The van der Waals surface area contributed by atoms with Crippen LogP contribution >= 0.6 is 0 Å². The molecule has 0 aliphatic rings. The van der Waals surface area contributed by atoms with E-state index in [2.05, 4.69) is 11.1 Å². The summed E-state index contributed by atoms with van der Waals surface area (Å²) in [5.41, 5.74) is 5.37. The summed E-state index contributed by atoms with van der Waals surface area (Å²) in [6.07, 6.45) is 8.50. The lowest BCUT2D eigenvalue weighted by Gasteiger charge is -2.12. The Balaban J connectivity index is 3.74. The maximum atomic E-state index is 11.3. The minimum absolute atomic E-state index is 0.0879. The van der Waals surface area contributed by atoms with E-state index in [4.69, 9.17) is 5.73 Å². The number of hydrogen-bond donors (Lipinski definition) is 1. The van der Waals surface area contributed by atoms with Crippen LogP contribution in [-0.4, -0.2) is 27.2 Å². The molecule has 6 heteroatoms. The number of rotatable bonds is 12. The maximum absolute atomic E-state index is 11.3. The van der Waals surface area contributed by atoms with Gasteiger partial charge in [0.05, 0.1) is 12.9 Å². The number of unbranched alkanes of at least 4 members (excludes halogenated alkanes) is 4.